The molecule has 0 saturated carbocycles. The molecular weight excluding hydrogens is 246 g/mol. The van der Waals surface area contributed by atoms with Crippen LogP contribution in [0.3, 0.4) is 0 Å². The first kappa shape index (κ1) is 12.8. The fraction of sp³-hybridized carbons (Fsp3) is 0.154. The first-order chi connectivity index (χ1) is 9.25. The van der Waals surface area contributed by atoms with Crippen LogP contribution in [0.5, 0.6) is 0 Å². The number of Topliss-reactive ketones (excluding diaryl/α,β-unsaturated/α-hetero) is 1. The zero-order chi connectivity index (χ0) is 13.5. The average Bonchev–Trinajstić information content (AvgIpc) is 2.98. The van der Waals surface area contributed by atoms with Gasteiger partial charge in [0.2, 0.25) is 0 Å². The maximum absolute atomic E-state index is 11.5. The first-order valence-corrected chi connectivity index (χ1v) is 5.73. The molecule has 0 atom stereocenters. The molecule has 6 heteroatoms. The molecule has 0 spiro atoms. The number of rotatable bonds is 5. The molecule has 98 valence electrons. The summed E-state index contributed by atoms with van der Waals surface area (Å²) in [5.41, 5.74) is 1.24. The summed E-state index contributed by atoms with van der Waals surface area (Å²) in [5.74, 6) is -0.255. The van der Waals surface area contributed by atoms with Gasteiger partial charge < -0.3 is 10.1 Å². The predicted octanol–water partition coefficient (Wildman–Crippen LogP) is 1.52. The van der Waals surface area contributed by atoms with Gasteiger partial charge in [-0.25, -0.2) is 4.79 Å². The van der Waals surface area contributed by atoms with Crippen molar-refractivity contribution in [3.8, 4) is 0 Å². The van der Waals surface area contributed by atoms with E-state index in [1.807, 2.05) is 30.3 Å². The molecule has 0 saturated heterocycles. The van der Waals surface area contributed by atoms with E-state index >= 15 is 0 Å². The van der Waals surface area contributed by atoms with Crippen LogP contribution in [0.25, 0.3) is 0 Å². The van der Waals surface area contributed by atoms with Crippen molar-refractivity contribution in [2.24, 2.45) is 0 Å². The van der Waals surface area contributed by atoms with Crippen LogP contribution in [0.15, 0.2) is 42.6 Å². The van der Waals surface area contributed by atoms with Crippen LogP contribution in [0.1, 0.15) is 16.1 Å². The second-order valence-corrected chi connectivity index (χ2v) is 3.81. The lowest BCUT2D eigenvalue weighted by Crippen LogP contribution is -2.30. The van der Waals surface area contributed by atoms with Crippen molar-refractivity contribution >= 4 is 11.9 Å². The minimum absolute atomic E-state index is 0.129. The largest absolute Gasteiger partial charge is 0.445 e. The number of carbonyl (C=O) groups is 2. The molecule has 1 aromatic carbocycles. The Morgan fingerprint density at radius 1 is 1.21 bits per heavy atom. The number of nitrogens with zero attached hydrogens (tertiary/aromatic N) is 1. The Hall–Kier alpha value is -2.63. The molecule has 0 bridgehead atoms. The Labute approximate surface area is 109 Å². The maximum atomic E-state index is 11.5. The Balaban J connectivity index is 1.72. The number of ketones is 1. The summed E-state index contributed by atoms with van der Waals surface area (Å²) in [6.07, 6.45) is 0.845. The van der Waals surface area contributed by atoms with Crippen molar-refractivity contribution < 1.29 is 14.3 Å². The number of amides is 1. The molecular formula is C13H13N3O3. The van der Waals surface area contributed by atoms with Crippen molar-refractivity contribution in [1.82, 2.24) is 15.5 Å². The van der Waals surface area contributed by atoms with E-state index in [0.717, 1.165) is 5.56 Å². The van der Waals surface area contributed by atoms with Crippen molar-refractivity contribution in [2.75, 3.05) is 6.54 Å². The summed E-state index contributed by atoms with van der Waals surface area (Å²) in [6, 6.07) is 10.8. The Kier molecular flexibility index (Phi) is 4.28. The number of alkyl carbamates (subject to hydrolysis) is 1. The van der Waals surface area contributed by atoms with E-state index < -0.39 is 6.09 Å². The van der Waals surface area contributed by atoms with Crippen molar-refractivity contribution in [3.05, 3.63) is 53.9 Å². The highest BCUT2D eigenvalue weighted by Crippen LogP contribution is 2.00. The van der Waals surface area contributed by atoms with Crippen LogP contribution >= 0.6 is 0 Å². The van der Waals surface area contributed by atoms with Gasteiger partial charge in [-0.3, -0.25) is 9.89 Å². The van der Waals surface area contributed by atoms with Crippen LogP contribution in [-0.2, 0) is 11.3 Å². The lowest BCUT2D eigenvalue weighted by atomic mass is 10.2. The number of hydrogen-bond donors (Lipinski definition) is 2. The van der Waals surface area contributed by atoms with Crippen LogP contribution in [0.4, 0.5) is 4.79 Å². The lowest BCUT2D eigenvalue weighted by molar-refractivity contribution is 0.0969. The number of H-pyrrole nitrogens is 1. The minimum atomic E-state index is -0.628. The fourth-order valence-corrected chi connectivity index (χ4v) is 1.43. The van der Waals surface area contributed by atoms with Crippen molar-refractivity contribution in [3.63, 3.8) is 0 Å². The number of ether oxygens (including phenoxy) is 1. The van der Waals surface area contributed by atoms with Crippen LogP contribution in [-0.4, -0.2) is 28.6 Å². The summed E-state index contributed by atoms with van der Waals surface area (Å²) < 4.78 is 4.97. The highest BCUT2D eigenvalue weighted by molar-refractivity contribution is 5.97. The second-order valence-electron chi connectivity index (χ2n) is 3.81. The van der Waals surface area contributed by atoms with Crippen molar-refractivity contribution in [1.29, 1.82) is 0 Å². The molecule has 0 unspecified atom stereocenters. The Morgan fingerprint density at radius 3 is 2.68 bits per heavy atom. The van der Waals surface area contributed by atoms with E-state index in [0.29, 0.717) is 5.69 Å². The number of benzene rings is 1. The van der Waals surface area contributed by atoms with Crippen molar-refractivity contribution in [2.45, 2.75) is 6.61 Å². The summed E-state index contributed by atoms with van der Waals surface area (Å²) in [4.78, 5) is 22.9. The maximum Gasteiger partial charge on any atom is 0.407 e. The third-order valence-electron chi connectivity index (χ3n) is 2.41. The quantitative estimate of drug-likeness (QED) is 0.797. The van der Waals surface area contributed by atoms with Gasteiger partial charge >= 0.3 is 6.09 Å². The summed E-state index contributed by atoms with van der Waals surface area (Å²) in [5, 5.41) is 8.57. The number of hydrogen-bond acceptors (Lipinski definition) is 4. The Morgan fingerprint density at radius 2 is 2.00 bits per heavy atom. The normalized spacial score (nSPS) is 9.89. The first-order valence-electron chi connectivity index (χ1n) is 5.73. The van der Waals surface area contributed by atoms with Gasteiger partial charge in [0.1, 0.15) is 12.3 Å². The number of carbonyl (C=O) groups excluding carboxylic acids is 2. The molecule has 0 aliphatic carbocycles. The van der Waals surface area contributed by atoms with Gasteiger partial charge in [0.15, 0.2) is 5.78 Å². The summed E-state index contributed by atoms with van der Waals surface area (Å²) in [7, 11) is 0. The van der Waals surface area contributed by atoms with E-state index in [9.17, 15) is 9.59 Å². The van der Waals surface area contributed by atoms with E-state index in [1.54, 1.807) is 6.07 Å². The van der Waals surface area contributed by atoms with Crippen LogP contribution in [0, 0.1) is 0 Å². The molecule has 0 fully saturated rings. The average molecular weight is 259 g/mol. The smallest absolute Gasteiger partial charge is 0.407 e. The zero-order valence-electron chi connectivity index (χ0n) is 10.1. The highest BCUT2D eigenvalue weighted by Gasteiger charge is 2.09. The van der Waals surface area contributed by atoms with E-state index in [2.05, 4.69) is 15.5 Å². The number of aromatic amines is 1. The molecule has 1 heterocycles. The molecule has 1 aromatic heterocycles. The van der Waals surface area contributed by atoms with E-state index in [1.165, 1.54) is 6.20 Å². The monoisotopic (exact) mass is 259 g/mol. The van der Waals surface area contributed by atoms with E-state index in [-0.39, 0.29) is 18.9 Å². The third kappa shape index (κ3) is 3.95. The molecule has 6 nitrogen and oxygen atoms in total. The SMILES string of the molecule is O=C(NCC(=O)c1ccn[nH]1)OCc1ccccc1. The molecule has 2 rings (SSSR count). The van der Waals surface area contributed by atoms with Gasteiger partial charge in [0.25, 0.3) is 0 Å². The Bertz CT molecular complexity index is 538. The topological polar surface area (TPSA) is 84.1 Å². The molecule has 19 heavy (non-hydrogen) atoms. The van der Waals surface area contributed by atoms with E-state index in [4.69, 9.17) is 4.74 Å². The predicted molar refractivity (Wildman–Crippen MR) is 67.5 cm³/mol. The molecule has 0 aliphatic rings. The summed E-state index contributed by atoms with van der Waals surface area (Å²) in [6.45, 7) is 0.0424. The highest BCUT2D eigenvalue weighted by atomic mass is 16.5. The molecule has 0 radical (unpaired) electrons. The lowest BCUT2D eigenvalue weighted by Gasteiger charge is -2.05. The molecule has 2 N–H and O–H groups in total. The van der Waals surface area contributed by atoms with Gasteiger partial charge in [0.05, 0.1) is 6.54 Å². The minimum Gasteiger partial charge on any atom is -0.445 e. The fourth-order valence-electron chi connectivity index (χ4n) is 1.43. The van der Waals surface area contributed by atoms with Crippen LogP contribution in [0.2, 0.25) is 0 Å². The second kappa shape index (κ2) is 6.34. The van der Waals surface area contributed by atoms with Gasteiger partial charge in [0, 0.05) is 6.20 Å². The summed E-state index contributed by atoms with van der Waals surface area (Å²) >= 11 is 0. The number of nitrogens with one attached hydrogen (secondary N) is 2. The third-order valence-corrected chi connectivity index (χ3v) is 2.41. The number of aromatic nitrogens is 2. The molecule has 0 aliphatic heterocycles. The molecule has 1 amide bonds. The van der Waals surface area contributed by atoms with Gasteiger partial charge in [-0.05, 0) is 11.6 Å². The standard InChI is InChI=1S/C13H13N3O3/c17-12(11-6-7-15-16-11)8-14-13(18)19-9-10-4-2-1-3-5-10/h1-7H,8-9H2,(H,14,18)(H,15,16). The van der Waals surface area contributed by atoms with Crippen LogP contribution < -0.4 is 5.32 Å². The van der Waals surface area contributed by atoms with Gasteiger partial charge in [-0.2, -0.15) is 5.10 Å². The van der Waals surface area contributed by atoms with Gasteiger partial charge in [-0.1, -0.05) is 30.3 Å². The zero-order valence-corrected chi connectivity index (χ0v) is 10.1. The van der Waals surface area contributed by atoms with Gasteiger partial charge in [-0.15, -0.1) is 0 Å². The molecule has 2 aromatic rings.